The van der Waals surface area contributed by atoms with E-state index in [4.69, 9.17) is 9.84 Å². The fourth-order valence-corrected chi connectivity index (χ4v) is 1.91. The first-order valence-corrected chi connectivity index (χ1v) is 7.13. The van der Waals surface area contributed by atoms with E-state index in [-0.39, 0.29) is 11.1 Å². The predicted octanol–water partition coefficient (Wildman–Crippen LogP) is 1.61. The number of aromatic carboxylic acids is 1. The van der Waals surface area contributed by atoms with Crippen molar-refractivity contribution in [2.24, 2.45) is 0 Å². The molecule has 0 fully saturated rings. The van der Waals surface area contributed by atoms with Gasteiger partial charge in [0.2, 0.25) is 0 Å². The third-order valence-electron chi connectivity index (χ3n) is 3.13. The molecule has 24 heavy (non-hydrogen) atoms. The summed E-state index contributed by atoms with van der Waals surface area (Å²) in [7, 11) is 0. The van der Waals surface area contributed by atoms with E-state index in [9.17, 15) is 14.4 Å². The van der Waals surface area contributed by atoms with Crippen LogP contribution in [0.15, 0.2) is 54.6 Å². The molecule has 0 heterocycles. The number of rotatable bonds is 5. The van der Waals surface area contributed by atoms with Gasteiger partial charge in [0.25, 0.3) is 11.8 Å². The number of nitrogens with one attached hydrogen (secondary N) is 2. The van der Waals surface area contributed by atoms with E-state index in [0.29, 0.717) is 5.75 Å². The fourth-order valence-electron chi connectivity index (χ4n) is 1.91. The minimum atomic E-state index is -1.23. The summed E-state index contributed by atoms with van der Waals surface area (Å²) < 4.78 is 5.42. The molecular formula is C17H16N2O5. The number of amides is 2. The summed E-state index contributed by atoms with van der Waals surface area (Å²) in [4.78, 5) is 35.0. The van der Waals surface area contributed by atoms with Crippen LogP contribution in [0.3, 0.4) is 0 Å². The Balaban J connectivity index is 1.94. The summed E-state index contributed by atoms with van der Waals surface area (Å²) >= 11 is 0. The van der Waals surface area contributed by atoms with Gasteiger partial charge in [-0.2, -0.15) is 0 Å². The van der Waals surface area contributed by atoms with Crippen molar-refractivity contribution in [3.63, 3.8) is 0 Å². The quantitative estimate of drug-likeness (QED) is 0.723. The lowest BCUT2D eigenvalue weighted by Crippen LogP contribution is -2.47. The van der Waals surface area contributed by atoms with Crippen LogP contribution in [0, 0.1) is 0 Å². The fraction of sp³-hybridized carbons (Fsp3) is 0.118. The molecule has 0 saturated carbocycles. The maximum absolute atomic E-state index is 12.0. The molecule has 0 bridgehead atoms. The van der Waals surface area contributed by atoms with Crippen LogP contribution in [-0.2, 0) is 4.79 Å². The van der Waals surface area contributed by atoms with Crippen molar-refractivity contribution in [1.29, 1.82) is 0 Å². The second kappa shape index (κ2) is 7.77. The van der Waals surface area contributed by atoms with Crippen molar-refractivity contribution < 1.29 is 24.2 Å². The highest BCUT2D eigenvalue weighted by Gasteiger charge is 2.18. The molecule has 0 radical (unpaired) electrons. The van der Waals surface area contributed by atoms with Crippen molar-refractivity contribution in [3.8, 4) is 5.75 Å². The summed E-state index contributed by atoms with van der Waals surface area (Å²) in [6, 6.07) is 14.5. The van der Waals surface area contributed by atoms with Gasteiger partial charge in [0.05, 0.1) is 11.1 Å². The van der Waals surface area contributed by atoms with Crippen molar-refractivity contribution in [3.05, 3.63) is 65.7 Å². The lowest BCUT2D eigenvalue weighted by atomic mass is 10.1. The van der Waals surface area contributed by atoms with Crippen LogP contribution in [0.5, 0.6) is 5.75 Å². The highest BCUT2D eigenvalue weighted by Crippen LogP contribution is 2.11. The Morgan fingerprint density at radius 3 is 2.12 bits per heavy atom. The molecule has 0 aromatic heterocycles. The minimum Gasteiger partial charge on any atom is -0.481 e. The number of carboxylic acid groups (broad SMARTS) is 1. The topological polar surface area (TPSA) is 105 Å². The number of hydrogen-bond donors (Lipinski definition) is 3. The summed E-state index contributed by atoms with van der Waals surface area (Å²) in [5.41, 5.74) is 4.18. The van der Waals surface area contributed by atoms with Gasteiger partial charge >= 0.3 is 5.97 Å². The molecule has 0 aliphatic rings. The Labute approximate surface area is 138 Å². The summed E-state index contributed by atoms with van der Waals surface area (Å²) in [5.74, 6) is -2.01. The Hall–Kier alpha value is -3.35. The zero-order valence-corrected chi connectivity index (χ0v) is 12.9. The molecule has 1 unspecified atom stereocenters. The van der Waals surface area contributed by atoms with E-state index in [1.165, 1.54) is 31.2 Å². The largest absolute Gasteiger partial charge is 0.481 e. The molecular weight excluding hydrogens is 312 g/mol. The zero-order chi connectivity index (χ0) is 17.5. The third-order valence-corrected chi connectivity index (χ3v) is 3.13. The van der Waals surface area contributed by atoms with Crippen molar-refractivity contribution >= 4 is 17.8 Å². The van der Waals surface area contributed by atoms with Gasteiger partial charge < -0.3 is 9.84 Å². The maximum atomic E-state index is 12.0. The van der Waals surface area contributed by atoms with Gasteiger partial charge in [0.15, 0.2) is 6.10 Å². The van der Waals surface area contributed by atoms with Gasteiger partial charge in [-0.25, -0.2) is 4.79 Å². The number of hydrazine groups is 1. The molecule has 124 valence electrons. The van der Waals surface area contributed by atoms with E-state index in [2.05, 4.69) is 10.9 Å². The monoisotopic (exact) mass is 328 g/mol. The average Bonchev–Trinajstić information content (AvgIpc) is 2.60. The molecule has 0 aliphatic carbocycles. The molecule has 0 aliphatic heterocycles. The molecule has 0 saturated heterocycles. The molecule has 3 N–H and O–H groups in total. The number of carbonyl (C=O) groups excluding carboxylic acids is 2. The van der Waals surface area contributed by atoms with E-state index >= 15 is 0 Å². The van der Waals surface area contributed by atoms with Crippen LogP contribution >= 0.6 is 0 Å². The molecule has 2 aromatic rings. The number of benzene rings is 2. The third kappa shape index (κ3) is 4.33. The molecule has 2 amide bonds. The average molecular weight is 328 g/mol. The lowest BCUT2D eigenvalue weighted by molar-refractivity contribution is -0.128. The SMILES string of the molecule is CC(Oc1ccccc1)C(=O)NNC(=O)c1ccccc1C(=O)O. The lowest BCUT2D eigenvalue weighted by Gasteiger charge is -2.15. The van der Waals surface area contributed by atoms with E-state index in [0.717, 1.165) is 0 Å². The number of carbonyl (C=O) groups is 3. The van der Waals surface area contributed by atoms with Crippen molar-refractivity contribution in [2.75, 3.05) is 0 Å². The first-order valence-electron chi connectivity index (χ1n) is 7.13. The smallest absolute Gasteiger partial charge is 0.336 e. The molecule has 0 spiro atoms. The standard InChI is InChI=1S/C17H16N2O5/c1-11(24-12-7-3-2-4-8-12)15(20)18-19-16(21)13-9-5-6-10-14(13)17(22)23/h2-11H,1H3,(H,18,20)(H,19,21)(H,22,23). The van der Waals surface area contributed by atoms with Crippen LogP contribution in [0.1, 0.15) is 27.6 Å². The van der Waals surface area contributed by atoms with Gasteiger partial charge in [-0.05, 0) is 31.2 Å². The van der Waals surface area contributed by atoms with Gasteiger partial charge in [-0.15, -0.1) is 0 Å². The highest BCUT2D eigenvalue weighted by atomic mass is 16.5. The van der Waals surface area contributed by atoms with Gasteiger partial charge in [-0.1, -0.05) is 30.3 Å². The van der Waals surface area contributed by atoms with E-state index in [1.807, 2.05) is 6.07 Å². The van der Waals surface area contributed by atoms with Crippen LogP contribution in [-0.4, -0.2) is 29.0 Å². The van der Waals surface area contributed by atoms with Gasteiger partial charge in [-0.3, -0.25) is 20.4 Å². The van der Waals surface area contributed by atoms with Gasteiger partial charge in [0, 0.05) is 0 Å². The minimum absolute atomic E-state index is 0.0538. The Kier molecular flexibility index (Phi) is 5.51. The first-order chi connectivity index (χ1) is 11.5. The maximum Gasteiger partial charge on any atom is 0.336 e. The van der Waals surface area contributed by atoms with Gasteiger partial charge in [0.1, 0.15) is 5.75 Å². The molecule has 7 heteroatoms. The second-order valence-corrected chi connectivity index (χ2v) is 4.87. The number of para-hydroxylation sites is 1. The second-order valence-electron chi connectivity index (χ2n) is 4.87. The van der Waals surface area contributed by atoms with Crippen molar-refractivity contribution in [1.82, 2.24) is 10.9 Å². The number of hydrogen-bond acceptors (Lipinski definition) is 4. The van der Waals surface area contributed by atoms with Crippen LogP contribution < -0.4 is 15.6 Å². The summed E-state index contributed by atoms with van der Waals surface area (Å²) in [6.07, 6.45) is -0.845. The summed E-state index contributed by atoms with van der Waals surface area (Å²) in [5, 5.41) is 9.06. The molecule has 2 rings (SSSR count). The Morgan fingerprint density at radius 2 is 1.50 bits per heavy atom. The van der Waals surface area contributed by atoms with Crippen LogP contribution in [0.2, 0.25) is 0 Å². The first kappa shape index (κ1) is 17.0. The van der Waals surface area contributed by atoms with E-state index < -0.39 is 23.9 Å². The Morgan fingerprint density at radius 1 is 0.917 bits per heavy atom. The predicted molar refractivity (Wildman–Crippen MR) is 85.5 cm³/mol. The normalized spacial score (nSPS) is 11.2. The summed E-state index contributed by atoms with van der Waals surface area (Å²) in [6.45, 7) is 1.53. The number of ether oxygens (including phenoxy) is 1. The van der Waals surface area contributed by atoms with Crippen LogP contribution in [0.25, 0.3) is 0 Å². The highest BCUT2D eigenvalue weighted by molar-refractivity contribution is 6.05. The van der Waals surface area contributed by atoms with E-state index in [1.54, 1.807) is 24.3 Å². The molecule has 2 aromatic carbocycles. The number of carboxylic acids is 1. The molecule has 7 nitrogen and oxygen atoms in total. The molecule has 1 atom stereocenters. The Bertz CT molecular complexity index is 746. The van der Waals surface area contributed by atoms with Crippen molar-refractivity contribution in [2.45, 2.75) is 13.0 Å². The zero-order valence-electron chi connectivity index (χ0n) is 12.9. The van der Waals surface area contributed by atoms with Crippen LogP contribution in [0.4, 0.5) is 0 Å².